The van der Waals surface area contributed by atoms with Gasteiger partial charge in [0.2, 0.25) is 0 Å². The Labute approximate surface area is 251 Å². The Hall–Kier alpha value is -4.62. The molecule has 0 aliphatic carbocycles. The van der Waals surface area contributed by atoms with Crippen LogP contribution in [-0.4, -0.2) is 62.4 Å². The summed E-state index contributed by atoms with van der Waals surface area (Å²) in [6.45, 7) is 0. The van der Waals surface area contributed by atoms with Gasteiger partial charge >= 0.3 is 0 Å². The molecule has 0 spiro atoms. The summed E-state index contributed by atoms with van der Waals surface area (Å²) in [7, 11) is 11.1. The number of nitrogens with zero attached hydrogens (tertiary/aromatic N) is 10. The molecule has 0 bridgehead atoms. The Balaban J connectivity index is 0.000000168. The SMILES string of the molecule is COc1ccnc(-c2nccn2C)c1.COc1ccnc(-c2nccn2C)c1.Cn1ccnc1-c1nccn1C.[Os]. The summed E-state index contributed by atoms with van der Waals surface area (Å²) in [6.07, 6.45) is 18.0. The summed E-state index contributed by atoms with van der Waals surface area (Å²) < 4.78 is 18.0. The number of hydrogen-bond acceptors (Lipinski definition) is 8. The van der Waals surface area contributed by atoms with Gasteiger partial charge in [0, 0.05) is 122 Å². The zero-order valence-corrected chi connectivity index (χ0v) is 26.3. The minimum Gasteiger partial charge on any atom is -0.497 e. The number of rotatable bonds is 5. The molecule has 6 aromatic heterocycles. The smallest absolute Gasteiger partial charge is 0.176 e. The molecule has 41 heavy (non-hydrogen) atoms. The molecule has 0 aromatic carbocycles. The van der Waals surface area contributed by atoms with Crippen molar-refractivity contribution in [2.45, 2.75) is 0 Å². The zero-order valence-electron chi connectivity index (χ0n) is 23.7. The topological polar surface area (TPSA) is 116 Å². The molecule has 13 heteroatoms. The van der Waals surface area contributed by atoms with E-state index >= 15 is 0 Å². The zero-order chi connectivity index (χ0) is 28.5. The quantitative estimate of drug-likeness (QED) is 0.263. The van der Waals surface area contributed by atoms with Gasteiger partial charge in [-0.25, -0.2) is 19.9 Å². The number of hydrogen-bond donors (Lipinski definition) is 0. The van der Waals surface area contributed by atoms with Gasteiger partial charge in [-0.05, 0) is 12.1 Å². The van der Waals surface area contributed by atoms with E-state index in [0.29, 0.717) is 0 Å². The third-order valence-electron chi connectivity index (χ3n) is 5.88. The maximum atomic E-state index is 5.12. The van der Waals surface area contributed by atoms with Crippen molar-refractivity contribution in [3.63, 3.8) is 0 Å². The average molecular weight is 731 g/mol. The van der Waals surface area contributed by atoms with E-state index in [-0.39, 0.29) is 19.8 Å². The molecular formula is C28H32N10O2Os. The standard InChI is InChI=1S/2C10H11N3O.C8H10N4.Os/c2*1-13-6-5-12-10(13)9-7-8(14-2)3-4-11-9;1-11-5-3-9-7(11)8-10-4-6-12(8)2;/h2*3-7H,1-2H3;3-6H,1-2H3;. The van der Waals surface area contributed by atoms with Crippen LogP contribution in [0.4, 0.5) is 0 Å². The first-order valence-corrected chi connectivity index (χ1v) is 12.3. The Bertz CT molecular complexity index is 1530. The van der Waals surface area contributed by atoms with Crippen LogP contribution in [0, 0.1) is 0 Å². The van der Waals surface area contributed by atoms with Crippen molar-refractivity contribution in [3.8, 4) is 46.2 Å². The molecule has 0 fully saturated rings. The van der Waals surface area contributed by atoms with Crippen LogP contribution in [0.2, 0.25) is 0 Å². The van der Waals surface area contributed by atoms with E-state index in [1.165, 1.54) is 0 Å². The van der Waals surface area contributed by atoms with E-state index in [1.807, 2.05) is 95.5 Å². The Morgan fingerprint density at radius 1 is 0.463 bits per heavy atom. The minimum atomic E-state index is 0. The normalized spacial score (nSPS) is 10.0. The number of aromatic nitrogens is 10. The van der Waals surface area contributed by atoms with Gasteiger partial charge in [-0.1, -0.05) is 0 Å². The molecular weight excluding hydrogens is 699 g/mol. The van der Waals surface area contributed by atoms with E-state index in [9.17, 15) is 0 Å². The largest absolute Gasteiger partial charge is 0.497 e. The molecule has 6 rings (SSSR count). The molecule has 0 saturated carbocycles. The fraction of sp³-hybridized carbons (Fsp3) is 0.214. The molecule has 0 radical (unpaired) electrons. The van der Waals surface area contributed by atoms with Gasteiger partial charge in [0.25, 0.3) is 0 Å². The fourth-order valence-electron chi connectivity index (χ4n) is 3.71. The molecule has 6 aromatic rings. The molecule has 0 atom stereocenters. The van der Waals surface area contributed by atoms with Gasteiger partial charge < -0.3 is 27.7 Å². The predicted molar refractivity (Wildman–Crippen MR) is 151 cm³/mol. The second kappa shape index (κ2) is 14.7. The van der Waals surface area contributed by atoms with Gasteiger partial charge in [-0.3, -0.25) is 9.97 Å². The molecule has 0 unspecified atom stereocenters. The monoisotopic (exact) mass is 732 g/mol. The van der Waals surface area contributed by atoms with E-state index in [2.05, 4.69) is 29.9 Å². The van der Waals surface area contributed by atoms with Crippen LogP contribution >= 0.6 is 0 Å². The van der Waals surface area contributed by atoms with Crippen molar-refractivity contribution in [2.24, 2.45) is 28.2 Å². The number of aryl methyl sites for hydroxylation is 4. The van der Waals surface area contributed by atoms with Crippen LogP contribution in [0.5, 0.6) is 11.5 Å². The first-order chi connectivity index (χ1) is 19.4. The molecule has 0 saturated heterocycles. The van der Waals surface area contributed by atoms with Crippen molar-refractivity contribution in [3.05, 3.63) is 86.2 Å². The van der Waals surface area contributed by atoms with Crippen molar-refractivity contribution in [2.75, 3.05) is 14.2 Å². The van der Waals surface area contributed by atoms with Crippen LogP contribution in [-0.2, 0) is 48.0 Å². The molecule has 0 aliphatic heterocycles. The summed E-state index contributed by atoms with van der Waals surface area (Å²) in [4.78, 5) is 25.3. The minimum absolute atomic E-state index is 0. The fourth-order valence-corrected chi connectivity index (χ4v) is 3.71. The van der Waals surface area contributed by atoms with Crippen molar-refractivity contribution >= 4 is 0 Å². The second-order valence-electron chi connectivity index (χ2n) is 8.61. The maximum absolute atomic E-state index is 5.12. The van der Waals surface area contributed by atoms with Crippen LogP contribution in [0.25, 0.3) is 34.7 Å². The molecule has 6 heterocycles. The third-order valence-corrected chi connectivity index (χ3v) is 5.88. The molecule has 0 N–H and O–H groups in total. The number of pyridine rings is 2. The van der Waals surface area contributed by atoms with Crippen molar-refractivity contribution < 1.29 is 29.3 Å². The van der Waals surface area contributed by atoms with Gasteiger partial charge in [0.1, 0.15) is 22.9 Å². The first kappa shape index (κ1) is 30.9. The van der Waals surface area contributed by atoms with E-state index < -0.39 is 0 Å². The summed E-state index contributed by atoms with van der Waals surface area (Å²) in [5, 5.41) is 0. The molecule has 214 valence electrons. The summed E-state index contributed by atoms with van der Waals surface area (Å²) >= 11 is 0. The first-order valence-electron chi connectivity index (χ1n) is 12.3. The predicted octanol–water partition coefficient (Wildman–Crippen LogP) is 3.80. The van der Waals surface area contributed by atoms with Gasteiger partial charge in [0.15, 0.2) is 23.3 Å². The Kier molecular flexibility index (Phi) is 11.1. The van der Waals surface area contributed by atoms with Gasteiger partial charge in [-0.2, -0.15) is 0 Å². The molecule has 0 aliphatic rings. The average Bonchev–Trinajstić information content (AvgIpc) is 3.79. The van der Waals surface area contributed by atoms with E-state index in [0.717, 1.165) is 46.2 Å². The van der Waals surface area contributed by atoms with Crippen LogP contribution < -0.4 is 9.47 Å². The maximum Gasteiger partial charge on any atom is 0.176 e. The number of ether oxygens (including phenoxy) is 2. The van der Waals surface area contributed by atoms with Crippen molar-refractivity contribution in [1.82, 2.24) is 48.2 Å². The summed E-state index contributed by atoms with van der Waals surface area (Å²) in [5.74, 6) is 5.04. The summed E-state index contributed by atoms with van der Waals surface area (Å²) in [6, 6.07) is 7.35. The molecule has 12 nitrogen and oxygen atoms in total. The summed E-state index contributed by atoms with van der Waals surface area (Å²) in [5.41, 5.74) is 1.63. The number of imidazole rings is 4. The second-order valence-corrected chi connectivity index (χ2v) is 8.61. The van der Waals surface area contributed by atoms with Crippen LogP contribution in [0.1, 0.15) is 0 Å². The van der Waals surface area contributed by atoms with Gasteiger partial charge in [-0.15, -0.1) is 0 Å². The van der Waals surface area contributed by atoms with Gasteiger partial charge in [0.05, 0.1) is 14.2 Å². The van der Waals surface area contributed by atoms with Crippen LogP contribution in [0.15, 0.2) is 86.2 Å². The third kappa shape index (κ3) is 7.74. The van der Waals surface area contributed by atoms with Crippen molar-refractivity contribution in [1.29, 1.82) is 0 Å². The molecule has 0 amide bonds. The Morgan fingerprint density at radius 2 is 0.780 bits per heavy atom. The van der Waals surface area contributed by atoms with E-state index in [4.69, 9.17) is 9.47 Å². The Morgan fingerprint density at radius 3 is 1.05 bits per heavy atom. The van der Waals surface area contributed by atoms with E-state index in [1.54, 1.807) is 51.4 Å². The number of methoxy groups -OCH3 is 2. The van der Waals surface area contributed by atoms with Crippen LogP contribution in [0.3, 0.4) is 0 Å².